The third-order valence-electron chi connectivity index (χ3n) is 5.53. The highest BCUT2D eigenvalue weighted by atomic mass is 35.5. The van der Waals surface area contributed by atoms with Gasteiger partial charge in [0.25, 0.3) is 0 Å². The van der Waals surface area contributed by atoms with Gasteiger partial charge >= 0.3 is 0 Å². The van der Waals surface area contributed by atoms with E-state index in [2.05, 4.69) is 10.1 Å². The normalized spacial score (nSPS) is 11.4. The SMILES string of the molecule is COc1cc(OCc2csc(-c3ccc(Cl)cc3)n2)c2cc(-c3cn4nc(C)ccc4n3)oc2c1. The highest BCUT2D eigenvalue weighted by molar-refractivity contribution is 7.13. The Morgan fingerprint density at radius 1 is 1.06 bits per heavy atom. The molecule has 0 amide bonds. The molecule has 0 aliphatic rings. The smallest absolute Gasteiger partial charge is 0.155 e. The summed E-state index contributed by atoms with van der Waals surface area (Å²) in [4.78, 5) is 9.35. The lowest BCUT2D eigenvalue weighted by atomic mass is 10.2. The van der Waals surface area contributed by atoms with Crippen LogP contribution < -0.4 is 9.47 Å². The quantitative estimate of drug-likeness (QED) is 0.249. The summed E-state index contributed by atoms with van der Waals surface area (Å²) >= 11 is 7.56. The number of halogens is 1. The number of benzene rings is 2. The molecule has 6 rings (SSSR count). The van der Waals surface area contributed by atoms with Crippen molar-refractivity contribution in [3.8, 4) is 33.5 Å². The van der Waals surface area contributed by atoms with E-state index < -0.39 is 0 Å². The molecule has 0 aliphatic carbocycles. The van der Waals surface area contributed by atoms with Gasteiger partial charge in [0.2, 0.25) is 0 Å². The van der Waals surface area contributed by atoms with Gasteiger partial charge in [0.1, 0.15) is 34.4 Å². The number of rotatable bonds is 6. The number of aromatic nitrogens is 4. The number of furan rings is 1. The Hall–Kier alpha value is -3.88. The van der Waals surface area contributed by atoms with Gasteiger partial charge in [0.05, 0.1) is 30.1 Å². The van der Waals surface area contributed by atoms with Gasteiger partial charge < -0.3 is 13.9 Å². The zero-order valence-electron chi connectivity index (χ0n) is 18.9. The fourth-order valence-electron chi connectivity index (χ4n) is 3.79. The van der Waals surface area contributed by atoms with Gasteiger partial charge in [-0.15, -0.1) is 11.3 Å². The first-order valence-corrected chi connectivity index (χ1v) is 12.1. The molecular formula is C26H19ClN4O3S. The standard InChI is InChI=1S/C26H19ClN4O3S/c1-15-3-8-25-29-21(12-31(25)30-15)24-11-20-22(9-19(32-2)10-23(20)34-24)33-13-18-14-35-26(28-18)16-4-6-17(27)7-5-16/h3-12,14H,13H2,1-2H3. The third kappa shape index (κ3) is 4.22. The van der Waals surface area contributed by atoms with Crippen LogP contribution in [0.1, 0.15) is 11.4 Å². The number of thiazole rings is 1. The van der Waals surface area contributed by atoms with Crippen molar-refractivity contribution in [1.82, 2.24) is 19.6 Å². The molecule has 4 heterocycles. The Morgan fingerprint density at radius 2 is 1.91 bits per heavy atom. The van der Waals surface area contributed by atoms with Crippen LogP contribution >= 0.6 is 22.9 Å². The van der Waals surface area contributed by atoms with Crippen molar-refractivity contribution < 1.29 is 13.9 Å². The van der Waals surface area contributed by atoms with Gasteiger partial charge in [0.15, 0.2) is 11.4 Å². The molecule has 0 radical (unpaired) electrons. The Kier molecular flexibility index (Phi) is 5.39. The molecule has 4 aromatic heterocycles. The first-order chi connectivity index (χ1) is 17.1. The van der Waals surface area contributed by atoms with E-state index in [-0.39, 0.29) is 0 Å². The molecular weight excluding hydrogens is 484 g/mol. The summed E-state index contributed by atoms with van der Waals surface area (Å²) in [6, 6.07) is 17.1. The number of fused-ring (bicyclic) bond motifs is 2. The van der Waals surface area contributed by atoms with Crippen molar-refractivity contribution in [2.24, 2.45) is 0 Å². The number of nitrogens with zero attached hydrogens (tertiary/aromatic N) is 4. The van der Waals surface area contributed by atoms with E-state index in [1.54, 1.807) is 23.0 Å². The van der Waals surface area contributed by atoms with Crippen LogP contribution in [0.4, 0.5) is 0 Å². The van der Waals surface area contributed by atoms with Crippen LogP contribution in [-0.2, 0) is 6.61 Å². The molecule has 0 fully saturated rings. The lowest BCUT2D eigenvalue weighted by Gasteiger charge is -2.07. The highest BCUT2D eigenvalue weighted by Crippen LogP contribution is 2.37. The predicted molar refractivity (Wildman–Crippen MR) is 136 cm³/mol. The van der Waals surface area contributed by atoms with Gasteiger partial charge in [-0.3, -0.25) is 0 Å². The molecule has 6 aromatic rings. The largest absolute Gasteiger partial charge is 0.496 e. The van der Waals surface area contributed by atoms with Crippen LogP contribution in [0, 0.1) is 6.92 Å². The Balaban J connectivity index is 1.30. The average molecular weight is 503 g/mol. The summed E-state index contributed by atoms with van der Waals surface area (Å²) in [6.07, 6.45) is 1.85. The number of hydrogen-bond acceptors (Lipinski definition) is 7. The molecule has 35 heavy (non-hydrogen) atoms. The van der Waals surface area contributed by atoms with Crippen LogP contribution in [-0.4, -0.2) is 26.7 Å². The maximum Gasteiger partial charge on any atom is 0.155 e. The molecule has 0 N–H and O–H groups in total. The van der Waals surface area contributed by atoms with Crippen molar-refractivity contribution in [2.75, 3.05) is 7.11 Å². The maximum absolute atomic E-state index is 6.19. The number of methoxy groups -OCH3 is 1. The van der Waals surface area contributed by atoms with Crippen LogP contribution in [0.15, 0.2) is 70.6 Å². The van der Waals surface area contributed by atoms with E-state index in [9.17, 15) is 0 Å². The van der Waals surface area contributed by atoms with Gasteiger partial charge in [-0.1, -0.05) is 23.7 Å². The fourth-order valence-corrected chi connectivity index (χ4v) is 4.73. The summed E-state index contributed by atoms with van der Waals surface area (Å²) < 4.78 is 19.5. The zero-order valence-corrected chi connectivity index (χ0v) is 20.4. The van der Waals surface area contributed by atoms with Crippen molar-refractivity contribution in [2.45, 2.75) is 13.5 Å². The number of ether oxygens (including phenoxy) is 2. The fraction of sp³-hybridized carbons (Fsp3) is 0.115. The van der Waals surface area contributed by atoms with Crippen LogP contribution in [0.25, 0.3) is 38.6 Å². The monoisotopic (exact) mass is 502 g/mol. The number of imidazole rings is 1. The molecule has 9 heteroatoms. The maximum atomic E-state index is 6.19. The number of aryl methyl sites for hydroxylation is 1. The summed E-state index contributed by atoms with van der Waals surface area (Å²) in [5.74, 6) is 1.91. The molecule has 7 nitrogen and oxygen atoms in total. The van der Waals surface area contributed by atoms with Gasteiger partial charge in [-0.25, -0.2) is 14.5 Å². The second kappa shape index (κ2) is 8.72. The summed E-state index contributed by atoms with van der Waals surface area (Å²) in [7, 11) is 1.61. The van der Waals surface area contributed by atoms with Crippen molar-refractivity contribution in [3.05, 3.63) is 82.6 Å². The molecule has 174 valence electrons. The molecule has 0 atom stereocenters. The van der Waals surface area contributed by atoms with E-state index in [1.807, 2.05) is 73.1 Å². The first kappa shape index (κ1) is 21.6. The van der Waals surface area contributed by atoms with E-state index in [0.29, 0.717) is 40.2 Å². The molecule has 0 aliphatic heterocycles. The minimum atomic E-state index is 0.310. The third-order valence-corrected chi connectivity index (χ3v) is 6.73. The van der Waals surface area contributed by atoms with Crippen LogP contribution in [0.5, 0.6) is 11.5 Å². The van der Waals surface area contributed by atoms with E-state index in [4.69, 9.17) is 30.5 Å². The van der Waals surface area contributed by atoms with Crippen molar-refractivity contribution in [3.63, 3.8) is 0 Å². The summed E-state index contributed by atoms with van der Waals surface area (Å²) in [5, 5.41) is 8.90. The topological polar surface area (TPSA) is 74.7 Å². The first-order valence-electron chi connectivity index (χ1n) is 10.8. The molecule has 0 saturated carbocycles. The van der Waals surface area contributed by atoms with Gasteiger partial charge in [0, 0.05) is 28.1 Å². The zero-order chi connectivity index (χ0) is 23.9. The molecule has 0 bridgehead atoms. The highest BCUT2D eigenvalue weighted by Gasteiger charge is 2.16. The average Bonchev–Trinajstić information content (AvgIpc) is 3.60. The van der Waals surface area contributed by atoms with E-state index >= 15 is 0 Å². The minimum Gasteiger partial charge on any atom is -0.496 e. The lowest BCUT2D eigenvalue weighted by molar-refractivity contribution is 0.303. The predicted octanol–water partition coefficient (Wildman–Crippen LogP) is 6.82. The molecule has 2 aromatic carbocycles. The molecule has 0 unspecified atom stereocenters. The second-order valence-corrected chi connectivity index (χ2v) is 9.29. The number of hydrogen-bond donors (Lipinski definition) is 0. The molecule has 0 saturated heterocycles. The molecule has 0 spiro atoms. The second-order valence-electron chi connectivity index (χ2n) is 7.99. The van der Waals surface area contributed by atoms with Crippen molar-refractivity contribution >= 4 is 39.6 Å². The van der Waals surface area contributed by atoms with Crippen LogP contribution in [0.2, 0.25) is 5.02 Å². The summed E-state index contributed by atoms with van der Waals surface area (Å²) in [5.41, 5.74) is 4.85. The minimum absolute atomic E-state index is 0.310. The Morgan fingerprint density at radius 3 is 2.74 bits per heavy atom. The van der Waals surface area contributed by atoms with Gasteiger partial charge in [-0.05, 0) is 37.3 Å². The summed E-state index contributed by atoms with van der Waals surface area (Å²) in [6.45, 7) is 2.25. The van der Waals surface area contributed by atoms with E-state index in [1.165, 1.54) is 0 Å². The van der Waals surface area contributed by atoms with Crippen molar-refractivity contribution in [1.29, 1.82) is 0 Å². The van der Waals surface area contributed by atoms with Crippen LogP contribution in [0.3, 0.4) is 0 Å². The van der Waals surface area contributed by atoms with Gasteiger partial charge in [-0.2, -0.15) is 5.10 Å². The lowest BCUT2D eigenvalue weighted by Crippen LogP contribution is -1.96. The Labute approximate surface area is 209 Å². The Bertz CT molecular complexity index is 1670. The van der Waals surface area contributed by atoms with E-state index in [0.717, 1.165) is 33.0 Å².